The van der Waals surface area contributed by atoms with Crippen LogP contribution < -0.4 is 0 Å². The van der Waals surface area contributed by atoms with Crippen LogP contribution in [0.4, 0.5) is 0 Å². The van der Waals surface area contributed by atoms with Crippen molar-refractivity contribution in [2.75, 3.05) is 0 Å². The zero-order valence-corrected chi connectivity index (χ0v) is 8.96. The number of aryl methyl sites for hydroxylation is 1. The first-order valence-corrected chi connectivity index (χ1v) is 5.01. The maximum Gasteiger partial charge on any atom is 0.0882 e. The number of hydrogen-bond acceptors (Lipinski definition) is 1. The van der Waals surface area contributed by atoms with Crippen LogP contribution in [0.2, 0.25) is 0 Å². The van der Waals surface area contributed by atoms with Crippen molar-refractivity contribution in [1.82, 2.24) is 0 Å². The maximum absolute atomic E-state index is 9.32. The molecule has 1 saturated carbocycles. The minimum Gasteiger partial charge on any atom is -0.197 e. The van der Waals surface area contributed by atoms with Crippen molar-refractivity contribution in [2.45, 2.75) is 32.6 Å². The van der Waals surface area contributed by atoms with Gasteiger partial charge in [0, 0.05) is 0 Å². The van der Waals surface area contributed by atoms with Crippen molar-refractivity contribution in [3.05, 3.63) is 35.4 Å². The summed E-state index contributed by atoms with van der Waals surface area (Å²) in [5, 5.41) is 9.32. The van der Waals surface area contributed by atoms with Crippen molar-refractivity contribution < 1.29 is 0 Å². The van der Waals surface area contributed by atoms with Gasteiger partial charge in [-0.3, -0.25) is 0 Å². The van der Waals surface area contributed by atoms with Gasteiger partial charge in [0.2, 0.25) is 0 Å². The molecule has 2 rings (SSSR count). The molecule has 1 fully saturated rings. The number of nitrogens with zero attached hydrogens (tertiary/aromatic N) is 1. The molecule has 0 aromatic heterocycles. The predicted octanol–water partition coefficient (Wildman–Crippen LogP) is 3.19. The van der Waals surface area contributed by atoms with Gasteiger partial charge in [0.15, 0.2) is 0 Å². The second kappa shape index (κ2) is 2.60. The van der Waals surface area contributed by atoms with E-state index in [0.717, 1.165) is 6.42 Å². The Hall–Kier alpha value is -1.29. The summed E-state index contributed by atoms with van der Waals surface area (Å²) in [6.45, 7) is 6.42. The van der Waals surface area contributed by atoms with Crippen LogP contribution in [0.5, 0.6) is 0 Å². The molecule has 1 nitrogen and oxygen atoms in total. The van der Waals surface area contributed by atoms with Crippen LogP contribution in [0.25, 0.3) is 0 Å². The van der Waals surface area contributed by atoms with Crippen molar-refractivity contribution in [1.29, 1.82) is 5.26 Å². The molecular weight excluding hydrogens is 170 g/mol. The SMILES string of the molecule is Cc1ccccc1C1(C#N)CC1(C)C. The van der Waals surface area contributed by atoms with E-state index in [1.165, 1.54) is 11.1 Å². The van der Waals surface area contributed by atoms with E-state index in [2.05, 4.69) is 39.0 Å². The van der Waals surface area contributed by atoms with E-state index < -0.39 is 0 Å². The highest BCUT2D eigenvalue weighted by molar-refractivity contribution is 5.48. The molecular formula is C13H15N. The van der Waals surface area contributed by atoms with E-state index in [-0.39, 0.29) is 10.8 Å². The average Bonchev–Trinajstić information content (AvgIpc) is 2.70. The van der Waals surface area contributed by atoms with E-state index in [1.807, 2.05) is 12.1 Å². The Kier molecular flexibility index (Phi) is 1.72. The third-order valence-electron chi connectivity index (χ3n) is 3.53. The molecule has 0 bridgehead atoms. The lowest BCUT2D eigenvalue weighted by Crippen LogP contribution is -2.13. The first-order chi connectivity index (χ1) is 6.53. The monoisotopic (exact) mass is 185 g/mol. The minimum absolute atomic E-state index is 0.147. The van der Waals surface area contributed by atoms with Gasteiger partial charge in [0.05, 0.1) is 11.5 Å². The molecule has 1 aliphatic carbocycles. The van der Waals surface area contributed by atoms with Crippen LogP contribution in [0.1, 0.15) is 31.4 Å². The molecule has 1 unspecified atom stereocenters. The van der Waals surface area contributed by atoms with Gasteiger partial charge >= 0.3 is 0 Å². The Morgan fingerprint density at radius 3 is 2.29 bits per heavy atom. The van der Waals surface area contributed by atoms with E-state index in [0.29, 0.717) is 0 Å². The summed E-state index contributed by atoms with van der Waals surface area (Å²) in [5.41, 5.74) is 2.37. The van der Waals surface area contributed by atoms with E-state index in [1.54, 1.807) is 0 Å². The summed E-state index contributed by atoms with van der Waals surface area (Å²) in [5.74, 6) is 0. The Morgan fingerprint density at radius 1 is 1.29 bits per heavy atom. The van der Waals surface area contributed by atoms with Gasteiger partial charge in [-0.05, 0) is 29.9 Å². The number of hydrogen-bond donors (Lipinski definition) is 0. The summed E-state index contributed by atoms with van der Waals surface area (Å²) in [4.78, 5) is 0. The third kappa shape index (κ3) is 1.00. The third-order valence-corrected chi connectivity index (χ3v) is 3.53. The smallest absolute Gasteiger partial charge is 0.0882 e. The van der Waals surface area contributed by atoms with E-state index >= 15 is 0 Å². The highest BCUT2D eigenvalue weighted by Gasteiger charge is 2.63. The van der Waals surface area contributed by atoms with E-state index in [9.17, 15) is 5.26 Å². The van der Waals surface area contributed by atoms with E-state index in [4.69, 9.17) is 0 Å². The molecule has 1 atom stereocenters. The Morgan fingerprint density at radius 2 is 1.86 bits per heavy atom. The number of nitriles is 1. The molecule has 0 saturated heterocycles. The van der Waals surface area contributed by atoms with Crippen LogP contribution in [0, 0.1) is 23.7 Å². The van der Waals surface area contributed by atoms with Crippen molar-refractivity contribution in [3.63, 3.8) is 0 Å². The Balaban J connectivity index is 2.53. The van der Waals surface area contributed by atoms with Gasteiger partial charge in [0.25, 0.3) is 0 Å². The van der Waals surface area contributed by atoms with Gasteiger partial charge in [-0.2, -0.15) is 5.26 Å². The largest absolute Gasteiger partial charge is 0.197 e. The zero-order chi connectivity index (χ0) is 10.4. The lowest BCUT2D eigenvalue weighted by molar-refractivity contribution is 0.568. The molecule has 1 aromatic rings. The second-order valence-corrected chi connectivity index (χ2v) is 4.89. The van der Waals surface area contributed by atoms with Crippen LogP contribution in [-0.4, -0.2) is 0 Å². The topological polar surface area (TPSA) is 23.8 Å². The maximum atomic E-state index is 9.32. The minimum atomic E-state index is -0.224. The lowest BCUT2D eigenvalue weighted by Gasteiger charge is -2.14. The van der Waals surface area contributed by atoms with Crippen molar-refractivity contribution in [3.8, 4) is 6.07 Å². The second-order valence-electron chi connectivity index (χ2n) is 4.89. The summed E-state index contributed by atoms with van der Waals surface area (Å²) < 4.78 is 0. The highest BCUT2D eigenvalue weighted by Crippen LogP contribution is 2.64. The molecule has 1 aliphatic rings. The molecule has 1 aromatic carbocycles. The molecule has 14 heavy (non-hydrogen) atoms. The first-order valence-electron chi connectivity index (χ1n) is 5.01. The van der Waals surface area contributed by atoms with Crippen LogP contribution in [0.15, 0.2) is 24.3 Å². The lowest BCUT2D eigenvalue weighted by atomic mass is 9.87. The molecule has 0 aliphatic heterocycles. The predicted molar refractivity (Wildman–Crippen MR) is 56.9 cm³/mol. The Labute approximate surface area is 85.4 Å². The fourth-order valence-corrected chi connectivity index (χ4v) is 2.38. The average molecular weight is 185 g/mol. The molecule has 0 spiro atoms. The van der Waals surface area contributed by atoms with Gasteiger partial charge in [-0.25, -0.2) is 0 Å². The van der Waals surface area contributed by atoms with Crippen molar-refractivity contribution >= 4 is 0 Å². The van der Waals surface area contributed by atoms with Crippen LogP contribution in [-0.2, 0) is 5.41 Å². The fourth-order valence-electron chi connectivity index (χ4n) is 2.38. The summed E-state index contributed by atoms with van der Waals surface area (Å²) >= 11 is 0. The molecule has 0 amide bonds. The standard InChI is InChI=1S/C13H15N/c1-10-6-4-5-7-11(10)13(9-14)8-12(13,2)3/h4-7H,8H2,1-3H3. The quantitative estimate of drug-likeness (QED) is 0.659. The summed E-state index contributed by atoms with van der Waals surface area (Å²) in [6.07, 6.45) is 0.987. The summed E-state index contributed by atoms with van der Waals surface area (Å²) in [7, 11) is 0. The van der Waals surface area contributed by atoms with Gasteiger partial charge < -0.3 is 0 Å². The molecule has 0 heterocycles. The highest BCUT2D eigenvalue weighted by atomic mass is 14.6. The first kappa shape index (κ1) is 9.27. The fraction of sp³-hybridized carbons (Fsp3) is 0.462. The number of benzene rings is 1. The summed E-state index contributed by atoms with van der Waals surface area (Å²) in [6, 6.07) is 10.7. The van der Waals surface area contributed by atoms with Crippen LogP contribution in [0.3, 0.4) is 0 Å². The molecule has 0 N–H and O–H groups in total. The molecule has 72 valence electrons. The van der Waals surface area contributed by atoms with Gasteiger partial charge in [-0.1, -0.05) is 38.1 Å². The van der Waals surface area contributed by atoms with Crippen molar-refractivity contribution in [2.24, 2.45) is 5.41 Å². The van der Waals surface area contributed by atoms with Gasteiger partial charge in [-0.15, -0.1) is 0 Å². The number of rotatable bonds is 1. The Bertz CT molecular complexity index is 411. The van der Waals surface area contributed by atoms with Gasteiger partial charge in [0.1, 0.15) is 0 Å². The zero-order valence-electron chi connectivity index (χ0n) is 8.96. The van der Waals surface area contributed by atoms with Crippen LogP contribution >= 0.6 is 0 Å². The normalized spacial score (nSPS) is 28.1. The molecule has 1 heteroatoms. The molecule has 0 radical (unpaired) electrons.